The molecule has 12 heteroatoms. The van der Waals surface area contributed by atoms with Gasteiger partial charge in [0, 0.05) is 30.1 Å². The average molecular weight is 547 g/mol. The number of nitrogens with one attached hydrogen (secondary N) is 1. The lowest BCUT2D eigenvalue weighted by Gasteiger charge is -2.23. The molecule has 0 saturated heterocycles. The third-order valence-electron chi connectivity index (χ3n) is 5.65. The lowest BCUT2D eigenvalue weighted by Crippen LogP contribution is -2.32. The Morgan fingerprint density at radius 3 is 2.37 bits per heavy atom. The summed E-state index contributed by atoms with van der Waals surface area (Å²) in [7, 11) is -0.973. The molecule has 9 nitrogen and oxygen atoms in total. The van der Waals surface area contributed by atoms with Crippen molar-refractivity contribution in [3.63, 3.8) is 0 Å². The zero-order chi connectivity index (χ0) is 27.6. The van der Waals surface area contributed by atoms with Gasteiger partial charge >= 0.3 is 0 Å². The molecule has 0 bridgehead atoms. The minimum absolute atomic E-state index is 0.130. The molecule has 2 N–H and O–H groups in total. The number of nitrogens with zero attached hydrogens (tertiary/aromatic N) is 1. The van der Waals surface area contributed by atoms with Crippen LogP contribution in [0, 0.1) is 11.6 Å². The third-order valence-corrected chi connectivity index (χ3v) is 6.83. The summed E-state index contributed by atoms with van der Waals surface area (Å²) >= 11 is 0. The van der Waals surface area contributed by atoms with E-state index in [2.05, 4.69) is 5.32 Å². The smallest absolute Gasteiger partial charge is 0.255 e. The van der Waals surface area contributed by atoms with Crippen LogP contribution in [-0.4, -0.2) is 53.0 Å². The third kappa shape index (κ3) is 5.27. The maximum Gasteiger partial charge on any atom is 0.255 e. The number of benzene rings is 3. The molecule has 0 spiro atoms. The van der Waals surface area contributed by atoms with Gasteiger partial charge in [-0.05, 0) is 42.5 Å². The first-order valence-electron chi connectivity index (χ1n) is 11.3. The molecule has 0 atom stereocenters. The van der Waals surface area contributed by atoms with Crippen LogP contribution in [0.5, 0.6) is 17.2 Å². The van der Waals surface area contributed by atoms with Crippen molar-refractivity contribution in [1.82, 2.24) is 5.32 Å². The van der Waals surface area contributed by atoms with E-state index < -0.39 is 34.2 Å². The molecule has 3 aromatic carbocycles. The van der Waals surface area contributed by atoms with Gasteiger partial charge in [-0.1, -0.05) is 0 Å². The molecule has 0 aliphatic rings. The predicted octanol–water partition coefficient (Wildman–Crippen LogP) is 4.30. The van der Waals surface area contributed by atoms with E-state index in [9.17, 15) is 27.1 Å². The van der Waals surface area contributed by atoms with Crippen molar-refractivity contribution in [2.45, 2.75) is 0 Å². The molecule has 1 heterocycles. The van der Waals surface area contributed by atoms with E-state index >= 15 is 0 Å². The SMILES string of the molecule is CNC(=O)c1c(-c2ccc(Oc3ccc(F)cc3F)cc2)oc2cc(N(CCO)S(C)(=O)=O)c(OC)cc12. The van der Waals surface area contributed by atoms with Gasteiger partial charge in [-0.2, -0.15) is 0 Å². The standard InChI is InChI=1S/C26H24F2N2O7S/c1-29-26(32)24-18-13-23(35-2)20(30(10-11-31)38(3,33)34)14-22(18)37-25(24)15-4-7-17(8-5-15)36-21-9-6-16(27)12-19(21)28/h4-9,12-14,31H,10-11H2,1-3H3,(H,29,32). The second kappa shape index (κ2) is 10.7. The Kier molecular flexibility index (Phi) is 7.56. The predicted molar refractivity (Wildman–Crippen MR) is 137 cm³/mol. The summed E-state index contributed by atoms with van der Waals surface area (Å²) in [6.45, 7) is -0.649. The van der Waals surface area contributed by atoms with Gasteiger partial charge in [0.2, 0.25) is 10.0 Å². The van der Waals surface area contributed by atoms with Crippen LogP contribution in [0.1, 0.15) is 10.4 Å². The fourth-order valence-corrected chi connectivity index (χ4v) is 4.85. The number of sulfonamides is 1. The highest BCUT2D eigenvalue weighted by Gasteiger charge is 2.27. The molecule has 38 heavy (non-hydrogen) atoms. The quantitative estimate of drug-likeness (QED) is 0.321. The fraction of sp³-hybridized carbons (Fsp3) is 0.192. The summed E-state index contributed by atoms with van der Waals surface area (Å²) in [6, 6.07) is 12.1. The zero-order valence-corrected chi connectivity index (χ0v) is 21.4. The van der Waals surface area contributed by atoms with Crippen LogP contribution in [0.3, 0.4) is 0 Å². The molecular formula is C26H24F2N2O7S. The van der Waals surface area contributed by atoms with Crippen LogP contribution < -0.4 is 19.1 Å². The average Bonchev–Trinajstić information content (AvgIpc) is 3.25. The Labute approximate surface area is 217 Å². The van der Waals surface area contributed by atoms with Gasteiger partial charge in [0.05, 0.1) is 37.8 Å². The minimum atomic E-state index is -3.78. The van der Waals surface area contributed by atoms with Gasteiger partial charge in [-0.25, -0.2) is 17.2 Å². The number of rotatable bonds is 9. The van der Waals surface area contributed by atoms with Crippen LogP contribution in [0.25, 0.3) is 22.3 Å². The molecule has 0 saturated carbocycles. The summed E-state index contributed by atoms with van der Waals surface area (Å²) < 4.78 is 69.8. The number of ether oxygens (including phenoxy) is 2. The Balaban J connectivity index is 1.81. The first kappa shape index (κ1) is 26.9. The normalized spacial score (nSPS) is 11.4. The summed E-state index contributed by atoms with van der Waals surface area (Å²) in [5.74, 6) is -1.61. The van der Waals surface area contributed by atoms with Gasteiger partial charge in [0.15, 0.2) is 11.6 Å². The van der Waals surface area contributed by atoms with Crippen LogP contribution in [-0.2, 0) is 10.0 Å². The van der Waals surface area contributed by atoms with E-state index in [1.54, 1.807) is 12.1 Å². The number of anilines is 1. The molecule has 4 aromatic rings. The molecule has 200 valence electrons. The second-order valence-corrected chi connectivity index (χ2v) is 10.1. The molecule has 0 fully saturated rings. The summed E-state index contributed by atoms with van der Waals surface area (Å²) in [5.41, 5.74) is 0.987. The zero-order valence-electron chi connectivity index (χ0n) is 20.6. The molecule has 1 aromatic heterocycles. The molecule has 1 amide bonds. The summed E-state index contributed by atoms with van der Waals surface area (Å²) in [4.78, 5) is 12.9. The van der Waals surface area contributed by atoms with Gasteiger partial charge < -0.3 is 24.3 Å². The topological polar surface area (TPSA) is 118 Å². The highest BCUT2D eigenvalue weighted by Crippen LogP contribution is 2.41. The first-order chi connectivity index (χ1) is 18.1. The number of hydrogen-bond donors (Lipinski definition) is 2. The maximum absolute atomic E-state index is 14.0. The van der Waals surface area contributed by atoms with E-state index in [4.69, 9.17) is 13.9 Å². The number of aliphatic hydroxyl groups is 1. The molecule has 0 aliphatic heterocycles. The first-order valence-corrected chi connectivity index (χ1v) is 13.1. The highest BCUT2D eigenvalue weighted by molar-refractivity contribution is 7.92. The van der Waals surface area contributed by atoms with Crippen molar-refractivity contribution >= 4 is 32.6 Å². The number of halogens is 2. The summed E-state index contributed by atoms with van der Waals surface area (Å²) in [5, 5.41) is 12.3. The van der Waals surface area contributed by atoms with E-state index in [0.29, 0.717) is 17.0 Å². The number of methoxy groups -OCH3 is 1. The van der Waals surface area contributed by atoms with Crippen molar-refractivity contribution in [2.75, 3.05) is 37.9 Å². The number of carbonyl (C=O) groups excluding carboxylic acids is 1. The molecular weight excluding hydrogens is 522 g/mol. The highest BCUT2D eigenvalue weighted by atomic mass is 32.2. The number of fused-ring (bicyclic) bond motifs is 1. The molecule has 0 unspecified atom stereocenters. The van der Waals surface area contributed by atoms with Gasteiger partial charge in [0.25, 0.3) is 5.91 Å². The molecule has 4 rings (SSSR count). The van der Waals surface area contributed by atoms with Gasteiger partial charge in [0.1, 0.15) is 28.7 Å². The number of aliphatic hydroxyl groups excluding tert-OH is 1. The Morgan fingerprint density at radius 2 is 1.79 bits per heavy atom. The van der Waals surface area contributed by atoms with Gasteiger partial charge in [-0.15, -0.1) is 0 Å². The van der Waals surface area contributed by atoms with Crippen LogP contribution in [0.4, 0.5) is 14.5 Å². The number of carbonyl (C=O) groups is 1. The number of hydrogen-bond acceptors (Lipinski definition) is 7. The van der Waals surface area contributed by atoms with E-state index in [1.807, 2.05) is 0 Å². The van der Waals surface area contributed by atoms with Crippen molar-refractivity contribution in [1.29, 1.82) is 0 Å². The largest absolute Gasteiger partial charge is 0.495 e. The summed E-state index contributed by atoms with van der Waals surface area (Å²) in [6.07, 6.45) is 0.997. The van der Waals surface area contributed by atoms with E-state index in [1.165, 1.54) is 44.5 Å². The monoisotopic (exact) mass is 546 g/mol. The van der Waals surface area contributed by atoms with Crippen molar-refractivity contribution in [2.24, 2.45) is 0 Å². The lowest BCUT2D eigenvalue weighted by molar-refractivity contribution is 0.0964. The van der Waals surface area contributed by atoms with Crippen molar-refractivity contribution in [3.05, 3.63) is 71.8 Å². The fourth-order valence-electron chi connectivity index (χ4n) is 3.94. The van der Waals surface area contributed by atoms with E-state index in [-0.39, 0.29) is 46.4 Å². The van der Waals surface area contributed by atoms with E-state index in [0.717, 1.165) is 16.6 Å². The number of furan rings is 1. The maximum atomic E-state index is 14.0. The number of amides is 1. The lowest BCUT2D eigenvalue weighted by atomic mass is 10.0. The Morgan fingerprint density at radius 1 is 1.08 bits per heavy atom. The molecule has 0 radical (unpaired) electrons. The minimum Gasteiger partial charge on any atom is -0.495 e. The second-order valence-electron chi connectivity index (χ2n) is 8.17. The van der Waals surface area contributed by atoms with Crippen molar-refractivity contribution < 1.29 is 41.0 Å². The van der Waals surface area contributed by atoms with Crippen LogP contribution in [0.15, 0.2) is 59.0 Å². The Hall–Kier alpha value is -4.16. The van der Waals surface area contributed by atoms with Crippen molar-refractivity contribution in [3.8, 4) is 28.6 Å². The van der Waals surface area contributed by atoms with Crippen LogP contribution in [0.2, 0.25) is 0 Å². The van der Waals surface area contributed by atoms with Crippen LogP contribution >= 0.6 is 0 Å². The van der Waals surface area contributed by atoms with Gasteiger partial charge in [-0.3, -0.25) is 9.10 Å². The Bertz CT molecular complexity index is 1600. The molecule has 0 aliphatic carbocycles.